The number of fused-ring (bicyclic) bond motifs is 1. The monoisotopic (exact) mass is 462 g/mol. The number of rotatable bonds is 5. The number of carbonyl (C=O) groups excluding carboxylic acids is 2. The molecule has 8 nitrogen and oxygen atoms in total. The molecule has 32 heavy (non-hydrogen) atoms. The molecule has 0 radical (unpaired) electrons. The molecule has 1 saturated heterocycles. The third-order valence-electron chi connectivity index (χ3n) is 7.02. The summed E-state index contributed by atoms with van der Waals surface area (Å²) in [7, 11) is -2.34. The standard InChI is InChI=1S/C23H34N4O4S/c1-25(17-23(29)27-14-12-26(13-15-27)19-7-3-2-4-8-19)32(30,31)20-10-11-21-18(16-20)6-5-9-22(28)24-21/h10-11,16,19H,2-9,12-15,17H2,1H3,(H,24,28). The van der Waals surface area contributed by atoms with E-state index in [0.29, 0.717) is 44.1 Å². The minimum absolute atomic E-state index is 0.0503. The van der Waals surface area contributed by atoms with Gasteiger partial charge in [0.05, 0.1) is 11.4 Å². The smallest absolute Gasteiger partial charge is 0.243 e. The Hall–Kier alpha value is -1.97. The van der Waals surface area contributed by atoms with Crippen LogP contribution in [0.4, 0.5) is 5.69 Å². The lowest BCUT2D eigenvalue weighted by Crippen LogP contribution is -2.54. The molecule has 0 spiro atoms. The fourth-order valence-electron chi connectivity index (χ4n) is 5.05. The highest BCUT2D eigenvalue weighted by molar-refractivity contribution is 7.89. The van der Waals surface area contributed by atoms with Gasteiger partial charge in [-0.1, -0.05) is 19.3 Å². The van der Waals surface area contributed by atoms with Crippen LogP contribution >= 0.6 is 0 Å². The van der Waals surface area contributed by atoms with Crippen molar-refractivity contribution >= 4 is 27.5 Å². The van der Waals surface area contributed by atoms with Crippen molar-refractivity contribution in [3.05, 3.63) is 23.8 Å². The van der Waals surface area contributed by atoms with Gasteiger partial charge in [-0.25, -0.2) is 8.42 Å². The van der Waals surface area contributed by atoms with E-state index in [4.69, 9.17) is 0 Å². The molecule has 1 aliphatic carbocycles. The predicted molar refractivity (Wildman–Crippen MR) is 123 cm³/mol. The third-order valence-corrected chi connectivity index (χ3v) is 8.82. The number of anilines is 1. The van der Waals surface area contributed by atoms with Crippen molar-refractivity contribution in [2.75, 3.05) is 45.1 Å². The first-order chi connectivity index (χ1) is 15.3. The van der Waals surface area contributed by atoms with Crippen LogP contribution in [0, 0.1) is 0 Å². The topological polar surface area (TPSA) is 90.0 Å². The van der Waals surface area contributed by atoms with Crippen LogP contribution in [0.2, 0.25) is 0 Å². The van der Waals surface area contributed by atoms with E-state index in [1.54, 1.807) is 17.0 Å². The molecule has 0 bridgehead atoms. The largest absolute Gasteiger partial charge is 0.339 e. The summed E-state index contributed by atoms with van der Waals surface area (Å²) < 4.78 is 27.3. The summed E-state index contributed by atoms with van der Waals surface area (Å²) in [5.74, 6) is -0.202. The molecule has 1 aromatic rings. The number of likely N-dealkylation sites (N-methyl/N-ethyl adjacent to an activating group) is 1. The van der Waals surface area contributed by atoms with Crippen LogP contribution in [0.3, 0.4) is 0 Å². The molecule has 0 aromatic heterocycles. The van der Waals surface area contributed by atoms with Gasteiger partial charge in [0.15, 0.2) is 0 Å². The highest BCUT2D eigenvalue weighted by Gasteiger charge is 2.30. The first kappa shape index (κ1) is 23.2. The quantitative estimate of drug-likeness (QED) is 0.723. The minimum Gasteiger partial charge on any atom is -0.339 e. The van der Waals surface area contributed by atoms with Gasteiger partial charge in [-0.15, -0.1) is 0 Å². The molecule has 1 saturated carbocycles. The summed E-state index contributed by atoms with van der Waals surface area (Å²) in [5.41, 5.74) is 1.48. The van der Waals surface area contributed by atoms with Crippen LogP contribution in [-0.4, -0.2) is 80.2 Å². The van der Waals surface area contributed by atoms with E-state index in [0.717, 1.165) is 23.0 Å². The van der Waals surface area contributed by atoms with Crippen molar-refractivity contribution in [1.82, 2.24) is 14.1 Å². The van der Waals surface area contributed by atoms with Gasteiger partial charge in [-0.05, 0) is 49.4 Å². The van der Waals surface area contributed by atoms with E-state index < -0.39 is 10.0 Å². The van der Waals surface area contributed by atoms with Crippen molar-refractivity contribution in [3.63, 3.8) is 0 Å². The number of nitrogens with one attached hydrogen (secondary N) is 1. The first-order valence-electron chi connectivity index (χ1n) is 11.8. The van der Waals surface area contributed by atoms with Crippen LogP contribution in [0.5, 0.6) is 0 Å². The molecule has 2 fully saturated rings. The maximum atomic E-state index is 13.1. The second-order valence-corrected chi connectivity index (χ2v) is 11.2. The molecular formula is C23H34N4O4S. The molecule has 176 valence electrons. The Morgan fingerprint density at radius 1 is 1.06 bits per heavy atom. The highest BCUT2D eigenvalue weighted by atomic mass is 32.2. The first-order valence-corrected chi connectivity index (χ1v) is 13.2. The zero-order valence-corrected chi connectivity index (χ0v) is 19.7. The maximum Gasteiger partial charge on any atom is 0.243 e. The molecule has 1 aromatic carbocycles. The lowest BCUT2D eigenvalue weighted by atomic mass is 9.94. The van der Waals surface area contributed by atoms with Crippen LogP contribution in [0.25, 0.3) is 0 Å². The molecule has 2 amide bonds. The van der Waals surface area contributed by atoms with Crippen molar-refractivity contribution in [2.24, 2.45) is 0 Å². The lowest BCUT2D eigenvalue weighted by molar-refractivity contribution is -0.133. The summed E-state index contributed by atoms with van der Waals surface area (Å²) in [6, 6.07) is 5.41. The van der Waals surface area contributed by atoms with E-state index in [-0.39, 0.29) is 23.3 Å². The molecule has 2 heterocycles. The van der Waals surface area contributed by atoms with Crippen molar-refractivity contribution < 1.29 is 18.0 Å². The number of amides is 2. The maximum absolute atomic E-state index is 13.1. The Kier molecular flexibility index (Phi) is 7.17. The molecule has 4 rings (SSSR count). The average Bonchev–Trinajstić information content (AvgIpc) is 2.99. The number of hydrogen-bond donors (Lipinski definition) is 1. The Bertz CT molecular complexity index is 951. The van der Waals surface area contributed by atoms with Crippen molar-refractivity contribution in [2.45, 2.75) is 62.3 Å². The zero-order chi connectivity index (χ0) is 22.7. The van der Waals surface area contributed by atoms with Gasteiger partial charge in [0.2, 0.25) is 21.8 Å². The zero-order valence-electron chi connectivity index (χ0n) is 18.9. The fourth-order valence-corrected chi connectivity index (χ4v) is 6.22. The Balaban J connectivity index is 1.36. The summed E-state index contributed by atoms with van der Waals surface area (Å²) in [5, 5.41) is 2.82. The van der Waals surface area contributed by atoms with Gasteiger partial charge in [-0.2, -0.15) is 4.31 Å². The molecule has 1 N–H and O–H groups in total. The molecular weight excluding hydrogens is 428 g/mol. The number of benzene rings is 1. The van der Waals surface area contributed by atoms with E-state index in [9.17, 15) is 18.0 Å². The van der Waals surface area contributed by atoms with Gasteiger partial charge < -0.3 is 10.2 Å². The van der Waals surface area contributed by atoms with Crippen LogP contribution in [0.15, 0.2) is 23.1 Å². The van der Waals surface area contributed by atoms with E-state index >= 15 is 0 Å². The summed E-state index contributed by atoms with van der Waals surface area (Å²) >= 11 is 0. The summed E-state index contributed by atoms with van der Waals surface area (Å²) in [6.45, 7) is 2.87. The number of sulfonamides is 1. The Morgan fingerprint density at radius 3 is 2.50 bits per heavy atom. The third kappa shape index (κ3) is 5.15. The van der Waals surface area contributed by atoms with E-state index in [2.05, 4.69) is 10.2 Å². The van der Waals surface area contributed by atoms with Gasteiger partial charge in [0, 0.05) is 51.4 Å². The van der Waals surface area contributed by atoms with Gasteiger partial charge in [0.25, 0.3) is 0 Å². The summed E-state index contributed by atoms with van der Waals surface area (Å²) in [4.78, 5) is 29.0. The second kappa shape index (κ2) is 9.89. The van der Waals surface area contributed by atoms with Crippen molar-refractivity contribution in [3.8, 4) is 0 Å². The highest BCUT2D eigenvalue weighted by Crippen LogP contribution is 2.27. The van der Waals surface area contributed by atoms with Gasteiger partial charge in [0.1, 0.15) is 0 Å². The Morgan fingerprint density at radius 2 is 1.78 bits per heavy atom. The molecule has 0 unspecified atom stereocenters. The molecule has 2 aliphatic heterocycles. The number of nitrogens with zero attached hydrogens (tertiary/aromatic N) is 3. The Labute approximate surface area is 191 Å². The number of carbonyl (C=O) groups is 2. The molecule has 3 aliphatic rings. The van der Waals surface area contributed by atoms with Crippen molar-refractivity contribution in [1.29, 1.82) is 0 Å². The van der Waals surface area contributed by atoms with Crippen LogP contribution in [-0.2, 0) is 26.0 Å². The van der Waals surface area contributed by atoms with E-state index in [1.165, 1.54) is 45.2 Å². The predicted octanol–water partition coefficient (Wildman–Crippen LogP) is 2.06. The second-order valence-electron chi connectivity index (χ2n) is 9.19. The number of aryl methyl sites for hydroxylation is 1. The average molecular weight is 463 g/mol. The SMILES string of the molecule is CN(CC(=O)N1CCN(C2CCCCC2)CC1)S(=O)(=O)c1ccc2c(c1)CCCC(=O)N2. The minimum atomic E-state index is -3.80. The van der Waals surface area contributed by atoms with Crippen LogP contribution in [0.1, 0.15) is 50.5 Å². The van der Waals surface area contributed by atoms with Crippen LogP contribution < -0.4 is 5.32 Å². The normalized spacial score (nSPS) is 21.2. The van der Waals surface area contributed by atoms with E-state index in [1.807, 2.05) is 0 Å². The molecule has 9 heteroatoms. The van der Waals surface area contributed by atoms with Gasteiger partial charge >= 0.3 is 0 Å². The fraction of sp³-hybridized carbons (Fsp3) is 0.652. The number of piperazine rings is 1. The number of hydrogen-bond acceptors (Lipinski definition) is 5. The van der Waals surface area contributed by atoms with Gasteiger partial charge in [-0.3, -0.25) is 14.5 Å². The lowest BCUT2D eigenvalue weighted by Gasteiger charge is -2.41. The molecule has 0 atom stereocenters. The summed E-state index contributed by atoms with van der Waals surface area (Å²) in [6.07, 6.45) is 8.17.